The van der Waals surface area contributed by atoms with E-state index in [0.717, 1.165) is 6.26 Å². The number of hydrogen-bond donors (Lipinski definition) is 2. The number of carbonyl (C=O) groups is 2. The topological polar surface area (TPSA) is 118 Å². The lowest BCUT2D eigenvalue weighted by Crippen LogP contribution is -2.39. The molecule has 0 unspecified atom stereocenters. The highest BCUT2D eigenvalue weighted by atomic mass is 35.5. The van der Waals surface area contributed by atoms with Crippen LogP contribution in [0.2, 0.25) is 10.2 Å². The van der Waals surface area contributed by atoms with Gasteiger partial charge in [-0.2, -0.15) is 0 Å². The molecule has 1 saturated carbocycles. The highest BCUT2D eigenvalue weighted by Crippen LogP contribution is 2.28. The van der Waals surface area contributed by atoms with Gasteiger partial charge in [0, 0.05) is 24.4 Å². The summed E-state index contributed by atoms with van der Waals surface area (Å²) in [5, 5.41) is 5.84. The van der Waals surface area contributed by atoms with Crippen molar-refractivity contribution in [1.82, 2.24) is 10.3 Å². The summed E-state index contributed by atoms with van der Waals surface area (Å²) in [4.78, 5) is 28.6. The number of rotatable bonds is 5. The Kier molecular flexibility index (Phi) is 6.50. The Morgan fingerprint density at radius 1 is 1.17 bits per heavy atom. The summed E-state index contributed by atoms with van der Waals surface area (Å²) < 4.78 is 28.0. The number of furan rings is 1. The molecule has 2 aromatic heterocycles. The maximum atomic E-state index is 12.5. The van der Waals surface area contributed by atoms with Crippen LogP contribution in [0, 0.1) is 5.92 Å². The molecule has 11 heteroatoms. The van der Waals surface area contributed by atoms with E-state index in [9.17, 15) is 18.0 Å². The van der Waals surface area contributed by atoms with Crippen molar-refractivity contribution in [2.24, 2.45) is 5.92 Å². The van der Waals surface area contributed by atoms with Gasteiger partial charge in [0.05, 0.1) is 10.7 Å². The predicted molar refractivity (Wildman–Crippen MR) is 108 cm³/mol. The fraction of sp³-hybridized carbons (Fsp3) is 0.389. The lowest BCUT2D eigenvalue weighted by atomic mass is 9.85. The molecule has 3 rings (SSSR count). The molecular weight excluding hydrogens is 441 g/mol. The summed E-state index contributed by atoms with van der Waals surface area (Å²) in [6, 6.07) is 3.98. The van der Waals surface area contributed by atoms with Crippen LogP contribution in [0.25, 0.3) is 0 Å². The number of sulfone groups is 1. The molecule has 8 nitrogen and oxygen atoms in total. The molecule has 0 atom stereocenters. The average Bonchev–Trinajstić information content (AvgIpc) is 3.16. The smallest absolute Gasteiger partial charge is 0.287 e. The van der Waals surface area contributed by atoms with Crippen LogP contribution in [0.3, 0.4) is 0 Å². The van der Waals surface area contributed by atoms with Crippen LogP contribution < -0.4 is 10.6 Å². The zero-order valence-corrected chi connectivity index (χ0v) is 17.8. The monoisotopic (exact) mass is 459 g/mol. The maximum Gasteiger partial charge on any atom is 0.287 e. The summed E-state index contributed by atoms with van der Waals surface area (Å²) in [7, 11) is -3.51. The van der Waals surface area contributed by atoms with Crippen LogP contribution in [0.15, 0.2) is 33.9 Å². The van der Waals surface area contributed by atoms with E-state index in [-0.39, 0.29) is 33.9 Å². The molecule has 1 fully saturated rings. The molecule has 0 bridgehead atoms. The third kappa shape index (κ3) is 5.49. The molecule has 0 aromatic carbocycles. The largest absolute Gasteiger partial charge is 0.440 e. The van der Waals surface area contributed by atoms with Crippen LogP contribution in [-0.4, -0.2) is 37.5 Å². The number of pyridine rings is 1. The van der Waals surface area contributed by atoms with Gasteiger partial charge in [-0.1, -0.05) is 23.2 Å². The van der Waals surface area contributed by atoms with Gasteiger partial charge >= 0.3 is 0 Å². The van der Waals surface area contributed by atoms with Crippen molar-refractivity contribution in [3.63, 3.8) is 0 Å². The van der Waals surface area contributed by atoms with E-state index >= 15 is 0 Å². The Labute approximate surface area is 177 Å². The van der Waals surface area contributed by atoms with Crippen molar-refractivity contribution in [3.8, 4) is 0 Å². The number of anilines is 1. The summed E-state index contributed by atoms with van der Waals surface area (Å²) in [5.74, 6) is -0.943. The first-order chi connectivity index (χ1) is 13.6. The maximum absolute atomic E-state index is 12.5. The van der Waals surface area contributed by atoms with Gasteiger partial charge in [0.2, 0.25) is 20.8 Å². The Morgan fingerprint density at radius 2 is 1.86 bits per heavy atom. The van der Waals surface area contributed by atoms with Gasteiger partial charge in [0.1, 0.15) is 0 Å². The first-order valence-corrected chi connectivity index (χ1v) is 11.5. The second-order valence-corrected chi connectivity index (χ2v) is 9.64. The van der Waals surface area contributed by atoms with Crippen LogP contribution in [0.4, 0.5) is 5.69 Å². The van der Waals surface area contributed by atoms with E-state index < -0.39 is 15.7 Å². The lowest BCUT2D eigenvalue weighted by molar-refractivity contribution is -0.120. The number of nitrogens with zero attached hydrogens (tertiary/aromatic N) is 1. The fourth-order valence-corrected chi connectivity index (χ4v) is 4.01. The van der Waals surface area contributed by atoms with E-state index in [1.807, 2.05) is 0 Å². The van der Waals surface area contributed by atoms with Crippen LogP contribution >= 0.6 is 23.2 Å². The van der Waals surface area contributed by atoms with Gasteiger partial charge < -0.3 is 15.1 Å². The Balaban J connectivity index is 1.52. The SMILES string of the molecule is CS(=O)(=O)c1ccc(C(=O)NC2CCC(C(=O)Nc3cc(Cl)cnc3Cl)CC2)o1. The van der Waals surface area contributed by atoms with E-state index in [4.69, 9.17) is 27.6 Å². The Bertz CT molecular complexity index is 1030. The van der Waals surface area contributed by atoms with Gasteiger partial charge in [0.15, 0.2) is 10.9 Å². The second kappa shape index (κ2) is 8.73. The highest BCUT2D eigenvalue weighted by molar-refractivity contribution is 7.90. The average molecular weight is 460 g/mol. The molecule has 2 N–H and O–H groups in total. The Hall–Kier alpha value is -2.10. The van der Waals surface area contributed by atoms with E-state index in [1.54, 1.807) is 0 Å². The van der Waals surface area contributed by atoms with Crippen molar-refractivity contribution in [2.75, 3.05) is 11.6 Å². The number of amides is 2. The zero-order valence-electron chi connectivity index (χ0n) is 15.4. The molecule has 1 aliphatic carbocycles. The highest BCUT2D eigenvalue weighted by Gasteiger charge is 2.28. The van der Waals surface area contributed by atoms with Gasteiger partial charge in [0.25, 0.3) is 5.91 Å². The van der Waals surface area contributed by atoms with Gasteiger partial charge in [-0.3, -0.25) is 9.59 Å². The third-order valence-corrected chi connectivity index (χ3v) is 6.13. The lowest BCUT2D eigenvalue weighted by Gasteiger charge is -2.28. The van der Waals surface area contributed by atoms with E-state index in [2.05, 4.69) is 15.6 Å². The first kappa shape index (κ1) is 21.6. The van der Waals surface area contributed by atoms with Crippen LogP contribution in [0.5, 0.6) is 0 Å². The van der Waals surface area contributed by atoms with Crippen molar-refractivity contribution in [3.05, 3.63) is 40.3 Å². The second-order valence-electron chi connectivity index (χ2n) is 6.89. The quantitative estimate of drug-likeness (QED) is 0.661. The molecule has 2 amide bonds. The number of carbonyl (C=O) groups excluding carboxylic acids is 2. The summed E-state index contributed by atoms with van der Waals surface area (Å²) in [5.41, 5.74) is 0.360. The third-order valence-electron chi connectivity index (χ3n) is 4.67. The van der Waals surface area contributed by atoms with E-state index in [1.165, 1.54) is 24.4 Å². The molecule has 156 valence electrons. The fourth-order valence-electron chi connectivity index (χ4n) is 3.14. The minimum atomic E-state index is -3.51. The van der Waals surface area contributed by atoms with Gasteiger partial charge in [-0.25, -0.2) is 13.4 Å². The summed E-state index contributed by atoms with van der Waals surface area (Å²) in [6.45, 7) is 0. The molecule has 0 radical (unpaired) electrons. The minimum absolute atomic E-state index is 0.0617. The molecule has 0 aliphatic heterocycles. The molecule has 29 heavy (non-hydrogen) atoms. The normalized spacial score (nSPS) is 19.6. The van der Waals surface area contributed by atoms with Crippen molar-refractivity contribution >= 4 is 50.5 Å². The molecule has 2 aromatic rings. The number of hydrogen-bond acceptors (Lipinski definition) is 6. The number of aromatic nitrogens is 1. The molecule has 2 heterocycles. The van der Waals surface area contributed by atoms with Crippen molar-refractivity contribution in [1.29, 1.82) is 0 Å². The number of halogens is 2. The zero-order chi connectivity index (χ0) is 21.2. The first-order valence-electron chi connectivity index (χ1n) is 8.86. The van der Waals surface area contributed by atoms with Gasteiger partial charge in [-0.05, 0) is 43.9 Å². The summed E-state index contributed by atoms with van der Waals surface area (Å²) >= 11 is 11.8. The van der Waals surface area contributed by atoms with Crippen LogP contribution in [0.1, 0.15) is 36.2 Å². The minimum Gasteiger partial charge on any atom is -0.440 e. The molecule has 0 spiro atoms. The standard InChI is InChI=1S/C18H19Cl2N3O5S/c1-29(26,27)15-7-6-14(28-15)18(25)22-12-4-2-10(3-5-12)17(24)23-13-8-11(19)9-21-16(13)20/h6-10,12H,2-5H2,1H3,(H,22,25)(H,23,24). The van der Waals surface area contributed by atoms with Gasteiger partial charge in [-0.15, -0.1) is 0 Å². The van der Waals surface area contributed by atoms with Crippen molar-refractivity contribution in [2.45, 2.75) is 36.8 Å². The molecule has 1 aliphatic rings. The van der Waals surface area contributed by atoms with E-state index in [0.29, 0.717) is 36.4 Å². The molecular formula is C18H19Cl2N3O5S. The Morgan fingerprint density at radius 3 is 2.48 bits per heavy atom. The molecule has 0 saturated heterocycles. The predicted octanol–water partition coefficient (Wildman–Crippen LogP) is 3.31. The number of nitrogens with one attached hydrogen (secondary N) is 2. The van der Waals surface area contributed by atoms with Crippen molar-refractivity contribution < 1.29 is 22.4 Å². The summed E-state index contributed by atoms with van der Waals surface area (Å²) in [6.07, 6.45) is 4.76. The van der Waals surface area contributed by atoms with Crippen LogP contribution in [-0.2, 0) is 14.6 Å².